The van der Waals surface area contributed by atoms with Crippen molar-refractivity contribution in [3.8, 4) is 0 Å². The van der Waals surface area contributed by atoms with Crippen molar-refractivity contribution < 1.29 is 9.72 Å². The molecule has 6 nitrogen and oxygen atoms in total. The minimum Gasteiger partial charge on any atom is -0.330 e. The van der Waals surface area contributed by atoms with Gasteiger partial charge in [-0.2, -0.15) is 0 Å². The third-order valence-electron chi connectivity index (χ3n) is 3.13. The fourth-order valence-corrected chi connectivity index (χ4v) is 1.95. The van der Waals surface area contributed by atoms with E-state index in [0.29, 0.717) is 24.2 Å². The van der Waals surface area contributed by atoms with Crippen molar-refractivity contribution in [1.29, 1.82) is 0 Å². The van der Waals surface area contributed by atoms with Gasteiger partial charge in [0, 0.05) is 12.5 Å². The molecule has 0 saturated heterocycles. The van der Waals surface area contributed by atoms with Gasteiger partial charge in [0.15, 0.2) is 0 Å². The summed E-state index contributed by atoms with van der Waals surface area (Å²) in [5.41, 5.74) is 6.40. The summed E-state index contributed by atoms with van der Waals surface area (Å²) in [5, 5.41) is 13.5. The molecule has 3 N–H and O–H groups in total. The average Bonchev–Trinajstić information content (AvgIpc) is 2.40. The number of carbonyl (C=O) groups is 1. The number of halogens is 1. The first-order valence-corrected chi connectivity index (χ1v) is 6.80. The number of nitrogens with two attached hydrogens (primary N) is 1. The zero-order valence-corrected chi connectivity index (χ0v) is 12.9. The molecule has 0 unspecified atom stereocenters. The summed E-state index contributed by atoms with van der Waals surface area (Å²) >= 11 is 0. The van der Waals surface area contributed by atoms with E-state index in [1.54, 1.807) is 19.1 Å². The molecule has 0 aliphatic carbocycles. The van der Waals surface area contributed by atoms with E-state index in [0.717, 1.165) is 25.7 Å². The maximum Gasteiger partial charge on any atom is 0.274 e. The lowest BCUT2D eigenvalue weighted by Crippen LogP contribution is -2.12. The highest BCUT2D eigenvalue weighted by Gasteiger charge is 2.14. The van der Waals surface area contributed by atoms with E-state index < -0.39 is 4.92 Å². The van der Waals surface area contributed by atoms with E-state index in [1.807, 2.05) is 0 Å². The Morgan fingerprint density at radius 2 is 1.95 bits per heavy atom. The van der Waals surface area contributed by atoms with E-state index in [2.05, 4.69) is 5.32 Å². The molecule has 0 aliphatic heterocycles. The molecule has 118 valence electrons. The molecule has 1 amide bonds. The Labute approximate surface area is 130 Å². The van der Waals surface area contributed by atoms with Crippen LogP contribution in [0.5, 0.6) is 0 Å². The SMILES string of the molecule is Cc1c(NC(=O)CCCCCCN)cccc1[N+](=O)[O-].Cl. The van der Waals surface area contributed by atoms with Crippen molar-refractivity contribution in [2.75, 3.05) is 11.9 Å². The third-order valence-corrected chi connectivity index (χ3v) is 3.13. The van der Waals surface area contributed by atoms with Crippen molar-refractivity contribution in [2.24, 2.45) is 5.73 Å². The number of carbonyl (C=O) groups excluding carboxylic acids is 1. The number of hydrogen-bond acceptors (Lipinski definition) is 4. The predicted octanol–water partition coefficient (Wildman–Crippen LogP) is 3.17. The van der Waals surface area contributed by atoms with E-state index in [9.17, 15) is 14.9 Å². The van der Waals surface area contributed by atoms with Gasteiger partial charge in [0.25, 0.3) is 5.69 Å². The maximum atomic E-state index is 11.8. The summed E-state index contributed by atoms with van der Waals surface area (Å²) < 4.78 is 0. The molecule has 21 heavy (non-hydrogen) atoms. The van der Waals surface area contributed by atoms with Gasteiger partial charge in [-0.1, -0.05) is 18.9 Å². The number of unbranched alkanes of at least 4 members (excludes halogenated alkanes) is 3. The van der Waals surface area contributed by atoms with Gasteiger partial charge >= 0.3 is 0 Å². The predicted molar refractivity (Wildman–Crippen MR) is 85.9 cm³/mol. The molecular formula is C14H22ClN3O3. The van der Waals surface area contributed by atoms with E-state index in [-0.39, 0.29) is 24.0 Å². The number of hydrogen-bond donors (Lipinski definition) is 2. The minimum atomic E-state index is -0.447. The third kappa shape index (κ3) is 6.55. The van der Waals surface area contributed by atoms with Gasteiger partial charge in [0.2, 0.25) is 5.91 Å². The monoisotopic (exact) mass is 315 g/mol. The standard InChI is InChI=1S/C14H21N3O3.ClH/c1-11-12(7-6-8-13(11)17(19)20)16-14(18)9-4-2-3-5-10-15;/h6-8H,2-5,9-10,15H2,1H3,(H,16,18);1H. The highest BCUT2D eigenvalue weighted by Crippen LogP contribution is 2.25. The highest BCUT2D eigenvalue weighted by atomic mass is 35.5. The van der Waals surface area contributed by atoms with Crippen LogP contribution < -0.4 is 11.1 Å². The summed E-state index contributed by atoms with van der Waals surface area (Å²) in [4.78, 5) is 22.1. The second-order valence-corrected chi connectivity index (χ2v) is 4.71. The number of amides is 1. The van der Waals surface area contributed by atoms with Crippen LogP contribution in [0.25, 0.3) is 0 Å². The van der Waals surface area contributed by atoms with Crippen LogP contribution in [0, 0.1) is 17.0 Å². The molecule has 0 aromatic heterocycles. The Bertz CT molecular complexity index is 481. The number of anilines is 1. The van der Waals surface area contributed by atoms with Gasteiger partial charge in [0.05, 0.1) is 16.2 Å². The van der Waals surface area contributed by atoms with E-state index >= 15 is 0 Å². The Morgan fingerprint density at radius 1 is 1.29 bits per heavy atom. The van der Waals surface area contributed by atoms with Gasteiger partial charge in [-0.25, -0.2) is 0 Å². The van der Waals surface area contributed by atoms with Gasteiger partial charge in [0.1, 0.15) is 0 Å². The zero-order chi connectivity index (χ0) is 15.0. The molecule has 0 radical (unpaired) electrons. The number of benzene rings is 1. The number of nitrogens with zero attached hydrogens (tertiary/aromatic N) is 1. The van der Waals surface area contributed by atoms with Crippen LogP contribution >= 0.6 is 12.4 Å². The highest BCUT2D eigenvalue weighted by molar-refractivity contribution is 5.92. The van der Waals surface area contributed by atoms with Crippen molar-refractivity contribution >= 4 is 29.7 Å². The second-order valence-electron chi connectivity index (χ2n) is 4.71. The first-order chi connectivity index (χ1) is 9.56. The summed E-state index contributed by atoms with van der Waals surface area (Å²) in [6.07, 6.45) is 4.20. The van der Waals surface area contributed by atoms with Crippen molar-refractivity contribution in [2.45, 2.75) is 39.0 Å². The Hall–Kier alpha value is -1.66. The Balaban J connectivity index is 0.00000400. The lowest BCUT2D eigenvalue weighted by atomic mass is 10.1. The van der Waals surface area contributed by atoms with Crippen LogP contribution in [-0.4, -0.2) is 17.4 Å². The fraction of sp³-hybridized carbons (Fsp3) is 0.500. The van der Waals surface area contributed by atoms with Crippen molar-refractivity contribution in [1.82, 2.24) is 0 Å². The molecule has 7 heteroatoms. The van der Waals surface area contributed by atoms with E-state index in [1.165, 1.54) is 6.07 Å². The molecule has 1 aromatic carbocycles. The zero-order valence-electron chi connectivity index (χ0n) is 12.1. The summed E-state index contributed by atoms with van der Waals surface area (Å²) in [6.45, 7) is 2.31. The Kier molecular flexibility index (Phi) is 9.32. The molecule has 0 bridgehead atoms. The lowest BCUT2D eigenvalue weighted by molar-refractivity contribution is -0.385. The molecule has 0 atom stereocenters. The molecule has 0 fully saturated rings. The molecule has 0 aliphatic rings. The molecule has 1 aromatic rings. The van der Waals surface area contributed by atoms with Crippen LogP contribution in [0.4, 0.5) is 11.4 Å². The number of nitro groups is 1. The molecule has 0 spiro atoms. The molecule has 1 rings (SSSR count). The number of nitro benzene ring substituents is 1. The van der Waals surface area contributed by atoms with Crippen molar-refractivity contribution in [3.63, 3.8) is 0 Å². The van der Waals surface area contributed by atoms with Gasteiger partial charge in [-0.05, 0) is 32.4 Å². The largest absolute Gasteiger partial charge is 0.330 e. The van der Waals surface area contributed by atoms with Crippen LogP contribution in [0.3, 0.4) is 0 Å². The maximum absolute atomic E-state index is 11.8. The van der Waals surface area contributed by atoms with Gasteiger partial charge < -0.3 is 11.1 Å². The first-order valence-electron chi connectivity index (χ1n) is 6.80. The summed E-state index contributed by atoms with van der Waals surface area (Å²) in [5.74, 6) is -0.110. The number of nitrogens with one attached hydrogen (secondary N) is 1. The summed E-state index contributed by atoms with van der Waals surface area (Å²) in [6, 6.07) is 4.68. The lowest BCUT2D eigenvalue weighted by Gasteiger charge is -2.08. The van der Waals surface area contributed by atoms with Crippen LogP contribution in [0.2, 0.25) is 0 Å². The quantitative estimate of drug-likeness (QED) is 0.437. The average molecular weight is 316 g/mol. The van der Waals surface area contributed by atoms with Crippen LogP contribution in [0.1, 0.15) is 37.7 Å². The number of rotatable bonds is 8. The normalized spacial score (nSPS) is 9.81. The second kappa shape index (κ2) is 10.1. The first kappa shape index (κ1) is 19.3. The van der Waals surface area contributed by atoms with Crippen molar-refractivity contribution in [3.05, 3.63) is 33.9 Å². The van der Waals surface area contributed by atoms with Gasteiger partial charge in [-0.3, -0.25) is 14.9 Å². The summed E-state index contributed by atoms with van der Waals surface area (Å²) in [7, 11) is 0. The van der Waals surface area contributed by atoms with E-state index in [4.69, 9.17) is 5.73 Å². The molecular weight excluding hydrogens is 294 g/mol. The minimum absolute atomic E-state index is 0. The smallest absolute Gasteiger partial charge is 0.274 e. The van der Waals surface area contributed by atoms with Gasteiger partial charge in [-0.15, -0.1) is 12.4 Å². The topological polar surface area (TPSA) is 98.3 Å². The molecule has 0 heterocycles. The van der Waals surface area contributed by atoms with Crippen LogP contribution in [0.15, 0.2) is 18.2 Å². The fourth-order valence-electron chi connectivity index (χ4n) is 1.95. The molecule has 0 saturated carbocycles. The Morgan fingerprint density at radius 3 is 2.57 bits per heavy atom. The van der Waals surface area contributed by atoms with Crippen LogP contribution in [-0.2, 0) is 4.79 Å².